The minimum atomic E-state index is 0.0526. The van der Waals surface area contributed by atoms with Crippen molar-refractivity contribution in [3.8, 4) is 17.4 Å². The van der Waals surface area contributed by atoms with Crippen LogP contribution in [0, 0.1) is 5.92 Å². The lowest BCUT2D eigenvalue weighted by Gasteiger charge is -2.06. The number of hydrogen-bond acceptors (Lipinski definition) is 5. The van der Waals surface area contributed by atoms with Crippen LogP contribution in [0.3, 0.4) is 0 Å². The Morgan fingerprint density at radius 1 is 1.33 bits per heavy atom. The predicted octanol–water partition coefficient (Wildman–Crippen LogP) is 2.39. The number of nitrogens with one attached hydrogen (secondary N) is 1. The fourth-order valence-corrected chi connectivity index (χ4v) is 2.70. The molecule has 0 unspecified atom stereocenters. The topological polar surface area (TPSA) is 81.9 Å². The summed E-state index contributed by atoms with van der Waals surface area (Å²) in [5.41, 5.74) is 2.67. The normalized spacial score (nSPS) is 13.9. The molecule has 0 saturated heterocycles. The van der Waals surface area contributed by atoms with Gasteiger partial charge in [-0.05, 0) is 25.0 Å². The number of nitrogens with zero attached hydrogens (tertiary/aromatic N) is 4. The number of rotatable bonds is 4. The third kappa shape index (κ3) is 2.58. The number of aromatic nitrogens is 4. The van der Waals surface area contributed by atoms with Crippen LogP contribution in [-0.2, 0) is 11.8 Å². The Balaban J connectivity index is 1.72. The van der Waals surface area contributed by atoms with Gasteiger partial charge in [0.15, 0.2) is 0 Å². The quantitative estimate of drug-likeness (QED) is 0.797. The lowest BCUT2D eigenvalue weighted by Crippen LogP contribution is -2.14. The van der Waals surface area contributed by atoms with E-state index in [9.17, 15) is 4.79 Å². The first-order valence-corrected chi connectivity index (χ1v) is 7.79. The molecule has 3 heterocycles. The zero-order valence-electron chi connectivity index (χ0n) is 13.5. The molecule has 1 aliphatic carbocycles. The number of carbonyl (C=O) groups excluding carboxylic acids is 1. The maximum atomic E-state index is 11.9. The van der Waals surface area contributed by atoms with Gasteiger partial charge in [-0.3, -0.25) is 4.79 Å². The summed E-state index contributed by atoms with van der Waals surface area (Å²) in [5.74, 6) is 0.782. The van der Waals surface area contributed by atoms with E-state index < -0.39 is 0 Å². The Kier molecular flexibility index (Phi) is 3.41. The number of amides is 1. The highest BCUT2D eigenvalue weighted by atomic mass is 16.5. The van der Waals surface area contributed by atoms with Crippen LogP contribution in [0.1, 0.15) is 12.8 Å². The fourth-order valence-electron chi connectivity index (χ4n) is 2.70. The van der Waals surface area contributed by atoms with E-state index in [1.807, 2.05) is 29.8 Å². The molecule has 0 bridgehead atoms. The van der Waals surface area contributed by atoms with Crippen LogP contribution in [0.25, 0.3) is 22.3 Å². The first-order valence-electron chi connectivity index (χ1n) is 7.79. The van der Waals surface area contributed by atoms with Crippen LogP contribution in [0.2, 0.25) is 0 Å². The molecular formula is C17H17N5O2. The Labute approximate surface area is 138 Å². The Morgan fingerprint density at radius 3 is 2.92 bits per heavy atom. The summed E-state index contributed by atoms with van der Waals surface area (Å²) in [7, 11) is 3.50. The molecule has 7 heteroatoms. The summed E-state index contributed by atoms with van der Waals surface area (Å²) >= 11 is 0. The molecule has 0 atom stereocenters. The number of fused-ring (bicyclic) bond motifs is 1. The van der Waals surface area contributed by atoms with Gasteiger partial charge in [-0.2, -0.15) is 4.98 Å². The number of aryl methyl sites for hydroxylation is 1. The van der Waals surface area contributed by atoms with Crippen molar-refractivity contribution in [2.24, 2.45) is 13.0 Å². The molecule has 3 aromatic heterocycles. The molecule has 4 rings (SSSR count). The van der Waals surface area contributed by atoms with Crippen LogP contribution in [-0.4, -0.2) is 32.5 Å². The van der Waals surface area contributed by atoms with Crippen LogP contribution < -0.4 is 10.1 Å². The van der Waals surface area contributed by atoms with Crippen molar-refractivity contribution in [1.29, 1.82) is 0 Å². The minimum Gasteiger partial charge on any atom is -0.467 e. The molecule has 7 nitrogen and oxygen atoms in total. The van der Waals surface area contributed by atoms with Crippen molar-refractivity contribution in [3.63, 3.8) is 0 Å². The number of pyridine rings is 1. The molecular weight excluding hydrogens is 306 g/mol. The maximum absolute atomic E-state index is 11.9. The second-order valence-corrected chi connectivity index (χ2v) is 5.91. The lowest BCUT2D eigenvalue weighted by atomic mass is 10.2. The van der Waals surface area contributed by atoms with Crippen LogP contribution >= 0.6 is 0 Å². The highest BCUT2D eigenvalue weighted by molar-refractivity contribution is 5.95. The monoisotopic (exact) mass is 323 g/mol. The van der Waals surface area contributed by atoms with E-state index in [4.69, 9.17) is 4.74 Å². The summed E-state index contributed by atoms with van der Waals surface area (Å²) in [5, 5.41) is 3.86. The smallest absolute Gasteiger partial charge is 0.316 e. The largest absolute Gasteiger partial charge is 0.467 e. The molecule has 1 amide bonds. The van der Waals surface area contributed by atoms with Gasteiger partial charge in [0.05, 0.1) is 24.0 Å². The third-order valence-electron chi connectivity index (χ3n) is 4.20. The maximum Gasteiger partial charge on any atom is 0.316 e. The van der Waals surface area contributed by atoms with Crippen molar-refractivity contribution in [2.75, 3.05) is 12.4 Å². The molecule has 24 heavy (non-hydrogen) atoms. The number of methoxy groups -OCH3 is 1. The van der Waals surface area contributed by atoms with Crippen molar-refractivity contribution in [2.45, 2.75) is 12.8 Å². The van der Waals surface area contributed by atoms with Gasteiger partial charge in [-0.15, -0.1) is 0 Å². The van der Waals surface area contributed by atoms with Crippen LogP contribution in [0.5, 0.6) is 6.01 Å². The highest BCUT2D eigenvalue weighted by Gasteiger charge is 2.29. The van der Waals surface area contributed by atoms with E-state index in [2.05, 4.69) is 20.3 Å². The second-order valence-electron chi connectivity index (χ2n) is 5.91. The van der Waals surface area contributed by atoms with E-state index >= 15 is 0 Å². The van der Waals surface area contributed by atoms with Gasteiger partial charge >= 0.3 is 6.01 Å². The van der Waals surface area contributed by atoms with Gasteiger partial charge in [0.25, 0.3) is 0 Å². The van der Waals surface area contributed by atoms with Crippen molar-refractivity contribution >= 4 is 22.6 Å². The molecule has 122 valence electrons. The van der Waals surface area contributed by atoms with Gasteiger partial charge in [-0.25, -0.2) is 9.97 Å². The minimum absolute atomic E-state index is 0.0526. The SMILES string of the molecule is COc1nccc(-c2cc3cnc(NC(=O)C4CC4)cc3n2C)n1. The predicted molar refractivity (Wildman–Crippen MR) is 89.6 cm³/mol. The molecule has 1 saturated carbocycles. The Morgan fingerprint density at radius 2 is 2.17 bits per heavy atom. The van der Waals surface area contributed by atoms with E-state index in [1.54, 1.807) is 19.5 Å². The van der Waals surface area contributed by atoms with Gasteiger partial charge in [0.1, 0.15) is 5.82 Å². The molecule has 1 N–H and O–H groups in total. The third-order valence-corrected chi connectivity index (χ3v) is 4.20. The summed E-state index contributed by atoms with van der Waals surface area (Å²) in [6.45, 7) is 0. The van der Waals surface area contributed by atoms with Crippen molar-refractivity contribution < 1.29 is 9.53 Å². The van der Waals surface area contributed by atoms with Crippen molar-refractivity contribution in [1.82, 2.24) is 19.5 Å². The number of carbonyl (C=O) groups is 1. The second kappa shape index (κ2) is 5.59. The van der Waals surface area contributed by atoms with Gasteiger partial charge < -0.3 is 14.6 Å². The summed E-state index contributed by atoms with van der Waals surface area (Å²) in [6.07, 6.45) is 5.37. The average molecular weight is 323 g/mol. The molecule has 1 aliphatic rings. The molecule has 0 aliphatic heterocycles. The highest BCUT2D eigenvalue weighted by Crippen LogP contribution is 2.31. The average Bonchev–Trinajstić information content (AvgIpc) is 3.40. The molecule has 3 aromatic rings. The van der Waals surface area contributed by atoms with E-state index in [-0.39, 0.29) is 11.8 Å². The van der Waals surface area contributed by atoms with E-state index in [0.29, 0.717) is 11.8 Å². The van der Waals surface area contributed by atoms with Gasteiger partial charge in [0, 0.05) is 36.8 Å². The molecule has 1 fully saturated rings. The first-order chi connectivity index (χ1) is 11.7. The van der Waals surface area contributed by atoms with Crippen LogP contribution in [0.4, 0.5) is 5.82 Å². The summed E-state index contributed by atoms with van der Waals surface area (Å²) in [4.78, 5) is 24.6. The summed E-state index contributed by atoms with van der Waals surface area (Å²) < 4.78 is 7.11. The Bertz CT molecular complexity index is 930. The van der Waals surface area contributed by atoms with Gasteiger partial charge in [0.2, 0.25) is 5.91 Å². The number of hydrogen-bond donors (Lipinski definition) is 1. The summed E-state index contributed by atoms with van der Waals surface area (Å²) in [6, 6.07) is 6.06. The zero-order valence-corrected chi connectivity index (χ0v) is 13.5. The van der Waals surface area contributed by atoms with E-state index in [0.717, 1.165) is 35.1 Å². The van der Waals surface area contributed by atoms with Crippen LogP contribution in [0.15, 0.2) is 30.6 Å². The van der Waals surface area contributed by atoms with E-state index in [1.165, 1.54) is 0 Å². The fraction of sp³-hybridized carbons (Fsp3) is 0.294. The molecule has 0 spiro atoms. The lowest BCUT2D eigenvalue weighted by molar-refractivity contribution is -0.117. The molecule has 0 aromatic carbocycles. The molecule has 0 radical (unpaired) electrons. The van der Waals surface area contributed by atoms with Crippen molar-refractivity contribution in [3.05, 3.63) is 30.6 Å². The number of ether oxygens (including phenoxy) is 1. The van der Waals surface area contributed by atoms with Gasteiger partial charge in [-0.1, -0.05) is 0 Å². The zero-order chi connectivity index (χ0) is 16.7. The standard InChI is InChI=1S/C17H17N5O2/c1-22-13-8-15(21-16(23)10-3-4-10)19-9-11(13)7-14(22)12-5-6-18-17(20-12)24-2/h5-10H,3-4H2,1-2H3,(H,19,21,23). The first kappa shape index (κ1) is 14.6. The number of anilines is 1. The Hall–Kier alpha value is -2.96.